The Morgan fingerprint density at radius 1 is 0.889 bits per heavy atom. The van der Waals surface area contributed by atoms with Crippen molar-refractivity contribution in [3.8, 4) is 33.3 Å². The lowest BCUT2D eigenvalue weighted by molar-refractivity contribution is 0.964. The summed E-state index contributed by atoms with van der Waals surface area (Å²) in [4.78, 5) is 0.682. The fourth-order valence-electron chi connectivity index (χ4n) is 2.73. The zero-order valence-electron chi connectivity index (χ0n) is 13.6. The molecule has 27 heavy (non-hydrogen) atoms. The Kier molecular flexibility index (Phi) is 3.93. The molecule has 0 radical (unpaired) electrons. The van der Waals surface area contributed by atoms with Crippen molar-refractivity contribution in [2.75, 3.05) is 0 Å². The van der Waals surface area contributed by atoms with Gasteiger partial charge in [-0.1, -0.05) is 64.9 Å². The SMILES string of the molecule is Clc1ccc(-c2nnc3sc(-c4cc(-c5ccccc5)n[nH]4)nn23)cc1Cl. The van der Waals surface area contributed by atoms with Crippen molar-refractivity contribution in [1.29, 1.82) is 0 Å². The van der Waals surface area contributed by atoms with E-state index in [-0.39, 0.29) is 0 Å². The molecule has 0 spiro atoms. The topological polar surface area (TPSA) is 71.8 Å². The lowest BCUT2D eigenvalue weighted by Crippen LogP contribution is -1.91. The molecule has 0 fully saturated rings. The lowest BCUT2D eigenvalue weighted by Gasteiger charge is -1.99. The van der Waals surface area contributed by atoms with Crippen LogP contribution in [0.25, 0.3) is 38.3 Å². The molecule has 0 amide bonds. The number of fused-ring (bicyclic) bond motifs is 1. The normalized spacial score (nSPS) is 11.3. The van der Waals surface area contributed by atoms with Crippen LogP contribution in [-0.2, 0) is 0 Å². The highest BCUT2D eigenvalue weighted by Gasteiger charge is 2.17. The minimum atomic E-state index is 0.461. The van der Waals surface area contributed by atoms with E-state index in [2.05, 4.69) is 25.5 Å². The minimum absolute atomic E-state index is 0.461. The Bertz CT molecular complexity index is 1260. The molecule has 5 rings (SSSR count). The van der Waals surface area contributed by atoms with E-state index in [1.807, 2.05) is 42.5 Å². The predicted octanol–water partition coefficient (Wildman–Crippen LogP) is 5.22. The van der Waals surface area contributed by atoms with Crippen LogP contribution in [0.1, 0.15) is 0 Å². The smallest absolute Gasteiger partial charge is 0.235 e. The fraction of sp³-hybridized carbons (Fsp3) is 0. The summed E-state index contributed by atoms with van der Waals surface area (Å²) in [5.74, 6) is 0.605. The summed E-state index contributed by atoms with van der Waals surface area (Å²) in [6, 6.07) is 17.3. The van der Waals surface area contributed by atoms with Crippen molar-refractivity contribution < 1.29 is 0 Å². The van der Waals surface area contributed by atoms with E-state index >= 15 is 0 Å². The van der Waals surface area contributed by atoms with Crippen LogP contribution in [0.15, 0.2) is 54.6 Å². The summed E-state index contributed by atoms with van der Waals surface area (Å²) >= 11 is 13.6. The minimum Gasteiger partial charge on any atom is -0.275 e. The summed E-state index contributed by atoms with van der Waals surface area (Å²) in [6.45, 7) is 0. The summed E-state index contributed by atoms with van der Waals surface area (Å²) < 4.78 is 1.70. The maximum atomic E-state index is 6.12. The molecule has 1 N–H and O–H groups in total. The molecule has 3 aromatic heterocycles. The molecular formula is C18H10Cl2N6S. The molecule has 0 atom stereocenters. The van der Waals surface area contributed by atoms with E-state index in [0.717, 1.165) is 27.5 Å². The van der Waals surface area contributed by atoms with Crippen molar-refractivity contribution in [1.82, 2.24) is 30.0 Å². The highest BCUT2D eigenvalue weighted by atomic mass is 35.5. The van der Waals surface area contributed by atoms with Crippen molar-refractivity contribution in [3.63, 3.8) is 0 Å². The maximum absolute atomic E-state index is 6.12. The van der Waals surface area contributed by atoms with Gasteiger partial charge >= 0.3 is 0 Å². The van der Waals surface area contributed by atoms with E-state index in [1.54, 1.807) is 16.6 Å². The number of nitrogens with one attached hydrogen (secondary N) is 1. The van der Waals surface area contributed by atoms with Gasteiger partial charge < -0.3 is 0 Å². The third-order valence-electron chi connectivity index (χ3n) is 4.05. The second-order valence-corrected chi connectivity index (χ2v) is 7.56. The fourth-order valence-corrected chi connectivity index (χ4v) is 3.83. The first kappa shape index (κ1) is 16.4. The van der Waals surface area contributed by atoms with Gasteiger partial charge in [0.05, 0.1) is 21.4 Å². The van der Waals surface area contributed by atoms with Crippen LogP contribution in [-0.4, -0.2) is 30.0 Å². The lowest BCUT2D eigenvalue weighted by atomic mass is 10.1. The van der Waals surface area contributed by atoms with E-state index < -0.39 is 0 Å². The highest BCUT2D eigenvalue weighted by molar-refractivity contribution is 7.19. The summed E-state index contributed by atoms with van der Waals surface area (Å²) in [5.41, 5.74) is 3.52. The maximum Gasteiger partial charge on any atom is 0.235 e. The van der Waals surface area contributed by atoms with Crippen molar-refractivity contribution in [2.24, 2.45) is 0 Å². The van der Waals surface area contributed by atoms with Gasteiger partial charge in [-0.05, 0) is 24.3 Å². The van der Waals surface area contributed by atoms with E-state index in [0.29, 0.717) is 20.8 Å². The van der Waals surface area contributed by atoms with Gasteiger partial charge in [0.15, 0.2) is 10.8 Å². The summed E-state index contributed by atoms with van der Waals surface area (Å²) in [7, 11) is 0. The number of halogens is 2. The molecule has 6 nitrogen and oxygen atoms in total. The van der Waals surface area contributed by atoms with Gasteiger partial charge in [-0.15, -0.1) is 10.2 Å². The predicted molar refractivity (Wildman–Crippen MR) is 107 cm³/mol. The number of H-pyrrole nitrogens is 1. The molecule has 3 heterocycles. The largest absolute Gasteiger partial charge is 0.275 e. The molecule has 0 saturated carbocycles. The van der Waals surface area contributed by atoms with Gasteiger partial charge in [-0.25, -0.2) is 0 Å². The molecule has 5 aromatic rings. The number of rotatable bonds is 3. The van der Waals surface area contributed by atoms with Gasteiger partial charge in [0.1, 0.15) is 0 Å². The second-order valence-electron chi connectivity index (χ2n) is 5.79. The summed E-state index contributed by atoms with van der Waals surface area (Å²) in [5, 5.41) is 22.2. The van der Waals surface area contributed by atoms with Gasteiger partial charge in [0.2, 0.25) is 4.96 Å². The number of hydrogen-bond donors (Lipinski definition) is 1. The van der Waals surface area contributed by atoms with Crippen LogP contribution < -0.4 is 0 Å². The van der Waals surface area contributed by atoms with Crippen LogP contribution in [0.3, 0.4) is 0 Å². The van der Waals surface area contributed by atoms with Crippen LogP contribution in [0.2, 0.25) is 10.0 Å². The van der Waals surface area contributed by atoms with Gasteiger partial charge in [0.25, 0.3) is 0 Å². The van der Waals surface area contributed by atoms with Gasteiger partial charge in [-0.2, -0.15) is 14.7 Å². The van der Waals surface area contributed by atoms with Gasteiger partial charge in [0, 0.05) is 11.1 Å². The van der Waals surface area contributed by atoms with Crippen LogP contribution in [0.5, 0.6) is 0 Å². The van der Waals surface area contributed by atoms with E-state index in [9.17, 15) is 0 Å². The molecular weight excluding hydrogens is 403 g/mol. The molecule has 132 valence electrons. The third-order valence-corrected chi connectivity index (χ3v) is 5.72. The molecule has 2 aromatic carbocycles. The summed E-state index contributed by atoms with van der Waals surface area (Å²) in [6.07, 6.45) is 0. The number of aromatic amines is 1. The third kappa shape index (κ3) is 2.90. The molecule has 0 aliphatic heterocycles. The molecule has 0 aliphatic rings. The van der Waals surface area contributed by atoms with Crippen molar-refractivity contribution in [3.05, 3.63) is 64.6 Å². The Morgan fingerprint density at radius 2 is 1.74 bits per heavy atom. The van der Waals surface area contributed by atoms with Crippen molar-refractivity contribution >= 4 is 39.5 Å². The average molecular weight is 413 g/mol. The Hall–Kier alpha value is -2.74. The Morgan fingerprint density at radius 3 is 2.56 bits per heavy atom. The number of aromatic nitrogens is 6. The first-order chi connectivity index (χ1) is 13.2. The average Bonchev–Trinajstić information content (AvgIpc) is 3.39. The zero-order chi connectivity index (χ0) is 18.4. The van der Waals surface area contributed by atoms with Gasteiger partial charge in [-0.3, -0.25) is 5.10 Å². The first-order valence-corrected chi connectivity index (χ1v) is 9.55. The van der Waals surface area contributed by atoms with Crippen molar-refractivity contribution in [2.45, 2.75) is 0 Å². The monoisotopic (exact) mass is 412 g/mol. The number of hydrogen-bond acceptors (Lipinski definition) is 5. The second kappa shape index (κ2) is 6.45. The number of nitrogens with zero attached hydrogens (tertiary/aromatic N) is 5. The van der Waals surface area contributed by atoms with Crippen LogP contribution in [0, 0.1) is 0 Å². The van der Waals surface area contributed by atoms with E-state index in [4.69, 9.17) is 23.2 Å². The van der Waals surface area contributed by atoms with Crippen LogP contribution in [0.4, 0.5) is 0 Å². The Labute approximate surface area is 167 Å². The quantitative estimate of drug-likeness (QED) is 0.440. The molecule has 0 bridgehead atoms. The standard InChI is InChI=1S/C18H10Cl2N6S/c19-12-7-6-11(8-13(12)20)16-23-24-18-26(16)25-17(27-18)15-9-14(21-22-15)10-4-2-1-3-5-10/h1-9H,(H,21,22). The van der Waals surface area contributed by atoms with E-state index in [1.165, 1.54) is 11.3 Å². The highest BCUT2D eigenvalue weighted by Crippen LogP contribution is 2.31. The zero-order valence-corrected chi connectivity index (χ0v) is 15.9. The first-order valence-electron chi connectivity index (χ1n) is 7.98. The molecule has 0 aliphatic carbocycles. The molecule has 0 saturated heterocycles. The Balaban J connectivity index is 1.55. The molecule has 0 unspecified atom stereocenters. The number of benzene rings is 2. The molecule has 9 heteroatoms. The van der Waals surface area contributed by atoms with Crippen LogP contribution >= 0.6 is 34.5 Å².